The molecule has 9 nitrogen and oxygen atoms in total. The maximum atomic E-state index is 12.2. The van der Waals surface area contributed by atoms with E-state index in [1.54, 1.807) is 18.2 Å². The number of nitrogens with two attached hydrogens (primary N) is 1. The lowest BCUT2D eigenvalue weighted by Crippen LogP contribution is -2.24. The van der Waals surface area contributed by atoms with E-state index in [1.165, 1.54) is 25.3 Å². The Kier molecular flexibility index (Phi) is 6.61. The van der Waals surface area contributed by atoms with Gasteiger partial charge in [-0.25, -0.2) is 9.59 Å². The normalized spacial score (nSPS) is 10.6. The molecule has 0 saturated carbocycles. The first-order valence-electron chi connectivity index (χ1n) is 8.92. The van der Waals surface area contributed by atoms with Gasteiger partial charge in [0.15, 0.2) is 11.5 Å². The minimum Gasteiger partial charge on any atom is -0.493 e. The number of carboxylic acids is 2. The maximum absolute atomic E-state index is 12.2. The molecule has 0 saturated heterocycles. The molecular weight excluding hydrogens is 463 g/mol. The van der Waals surface area contributed by atoms with Crippen molar-refractivity contribution >= 4 is 41.0 Å². The Morgan fingerprint density at radius 1 is 1.03 bits per heavy atom. The van der Waals surface area contributed by atoms with Gasteiger partial charge >= 0.3 is 11.9 Å². The number of anilines is 1. The smallest absolute Gasteiger partial charge is 0.342 e. The molecule has 0 spiro atoms. The minimum atomic E-state index is -1.61. The first-order valence-corrected chi connectivity index (χ1v) is 9.67. The summed E-state index contributed by atoms with van der Waals surface area (Å²) in [7, 11) is 1.34. The second-order valence-corrected chi connectivity index (χ2v) is 7.27. The molecule has 1 heterocycles. The van der Waals surface area contributed by atoms with Gasteiger partial charge in [0.1, 0.15) is 23.6 Å². The second kappa shape index (κ2) is 9.21. The lowest BCUT2D eigenvalue weighted by Gasteiger charge is -2.16. The number of nitrogen functional groups attached to an aromatic ring is 1. The number of halogens is 2. The Morgan fingerprint density at radius 2 is 1.66 bits per heavy atom. The van der Waals surface area contributed by atoms with E-state index in [-0.39, 0.29) is 29.2 Å². The van der Waals surface area contributed by atoms with Gasteiger partial charge in [-0.05, 0) is 29.8 Å². The monoisotopic (exact) mass is 478 g/mol. The van der Waals surface area contributed by atoms with E-state index in [9.17, 15) is 24.6 Å². The van der Waals surface area contributed by atoms with Gasteiger partial charge in [0.2, 0.25) is 0 Å². The van der Waals surface area contributed by atoms with Crippen molar-refractivity contribution in [1.82, 2.24) is 4.98 Å². The van der Waals surface area contributed by atoms with Crippen molar-refractivity contribution in [2.24, 2.45) is 0 Å². The molecule has 0 aliphatic rings. The van der Waals surface area contributed by atoms with Crippen molar-refractivity contribution in [2.45, 2.75) is 6.61 Å². The Labute approximate surface area is 190 Å². The summed E-state index contributed by atoms with van der Waals surface area (Å²) < 4.78 is 11.1. The summed E-state index contributed by atoms with van der Waals surface area (Å²) in [5, 5.41) is 19.9. The molecule has 0 atom stereocenters. The number of methoxy groups -OCH3 is 1. The van der Waals surface area contributed by atoms with Crippen molar-refractivity contribution in [1.29, 1.82) is 0 Å². The van der Waals surface area contributed by atoms with Gasteiger partial charge in [0.25, 0.3) is 5.56 Å². The van der Waals surface area contributed by atoms with Gasteiger partial charge < -0.3 is 30.4 Å². The Hall–Kier alpha value is -3.69. The van der Waals surface area contributed by atoms with Crippen LogP contribution in [0.5, 0.6) is 11.5 Å². The van der Waals surface area contributed by atoms with Gasteiger partial charge in [-0.3, -0.25) is 4.79 Å². The van der Waals surface area contributed by atoms with E-state index in [2.05, 4.69) is 0 Å². The summed E-state index contributed by atoms with van der Waals surface area (Å²) in [5.41, 5.74) is 3.57. The average Bonchev–Trinajstić information content (AvgIpc) is 2.72. The highest BCUT2D eigenvalue weighted by molar-refractivity contribution is 6.35. The van der Waals surface area contributed by atoms with Crippen LogP contribution in [0.2, 0.25) is 10.0 Å². The van der Waals surface area contributed by atoms with Crippen LogP contribution >= 0.6 is 23.2 Å². The van der Waals surface area contributed by atoms with Gasteiger partial charge in [0.05, 0.1) is 7.11 Å². The molecular formula is C21H16Cl2N2O7. The number of hydrogen-bond donors (Lipinski definition) is 4. The number of benzene rings is 2. The fourth-order valence-corrected chi connectivity index (χ4v) is 3.60. The molecule has 0 aliphatic heterocycles. The quantitative estimate of drug-likeness (QED) is 0.398. The van der Waals surface area contributed by atoms with Crippen LogP contribution in [-0.4, -0.2) is 34.2 Å². The van der Waals surface area contributed by atoms with Crippen LogP contribution in [0.4, 0.5) is 5.82 Å². The zero-order chi connectivity index (χ0) is 23.6. The summed E-state index contributed by atoms with van der Waals surface area (Å²) in [4.78, 5) is 37.7. The van der Waals surface area contributed by atoms with Gasteiger partial charge in [0, 0.05) is 21.2 Å². The van der Waals surface area contributed by atoms with Gasteiger partial charge in [-0.1, -0.05) is 35.3 Å². The molecule has 0 unspecified atom stereocenters. The second-order valence-electron chi connectivity index (χ2n) is 6.46. The van der Waals surface area contributed by atoms with Crippen molar-refractivity contribution in [3.8, 4) is 22.6 Å². The molecule has 3 aromatic rings. The molecule has 0 radical (unpaired) electrons. The zero-order valence-electron chi connectivity index (χ0n) is 16.4. The Morgan fingerprint density at radius 3 is 2.22 bits per heavy atom. The number of carbonyl (C=O) groups is 2. The summed E-state index contributed by atoms with van der Waals surface area (Å²) in [6.45, 7) is 0.00686. The fourth-order valence-electron chi connectivity index (χ4n) is 3.10. The topological polar surface area (TPSA) is 152 Å². The van der Waals surface area contributed by atoms with Crippen LogP contribution in [0.1, 0.15) is 26.3 Å². The number of nitrogens with one attached hydrogen (secondary N) is 1. The van der Waals surface area contributed by atoms with Crippen molar-refractivity contribution in [2.75, 3.05) is 12.8 Å². The number of ether oxygens (including phenoxy) is 2. The first-order chi connectivity index (χ1) is 15.1. The van der Waals surface area contributed by atoms with Crippen molar-refractivity contribution in [3.63, 3.8) is 0 Å². The van der Waals surface area contributed by atoms with Crippen LogP contribution in [0.3, 0.4) is 0 Å². The van der Waals surface area contributed by atoms with Crippen LogP contribution in [0, 0.1) is 0 Å². The summed E-state index contributed by atoms with van der Waals surface area (Å²) >= 11 is 12.3. The fraction of sp³-hybridized carbons (Fsp3) is 0.0952. The van der Waals surface area contributed by atoms with Crippen LogP contribution < -0.4 is 20.8 Å². The van der Waals surface area contributed by atoms with E-state index in [0.717, 1.165) is 0 Å². The van der Waals surface area contributed by atoms with Crippen LogP contribution in [0.25, 0.3) is 11.1 Å². The SMILES string of the molecule is COc1cc(-c2c(C(=O)O)c(N)[nH]c(=O)c2C(=O)O)ccc1OCc1c(Cl)cccc1Cl. The van der Waals surface area contributed by atoms with E-state index in [0.29, 0.717) is 15.6 Å². The minimum absolute atomic E-state index is 0.00686. The van der Waals surface area contributed by atoms with Gasteiger partial charge in [-0.15, -0.1) is 0 Å². The number of hydrogen-bond acceptors (Lipinski definition) is 6. The summed E-state index contributed by atoms with van der Waals surface area (Å²) in [5.74, 6) is -3.20. The standard InChI is InChI=1S/C21H16Cl2N2O7/c1-31-14-7-9(5-6-13(14)32-8-10-11(22)3-2-4-12(10)23)15-16(20(27)28)18(24)25-19(26)17(15)21(29)30/h2-7H,8H2,1H3,(H,27,28)(H,29,30)(H3,24,25,26). The maximum Gasteiger partial charge on any atom is 0.342 e. The molecule has 0 aliphatic carbocycles. The van der Waals surface area contributed by atoms with E-state index in [1.807, 2.05) is 4.98 Å². The molecule has 0 fully saturated rings. The third-order valence-electron chi connectivity index (χ3n) is 4.56. The Bertz CT molecular complexity index is 1270. The van der Waals surface area contributed by atoms with Crippen LogP contribution in [0.15, 0.2) is 41.2 Å². The zero-order valence-corrected chi connectivity index (χ0v) is 18.0. The number of aromatic amines is 1. The lowest BCUT2D eigenvalue weighted by molar-refractivity contribution is 0.0695. The van der Waals surface area contributed by atoms with Crippen LogP contribution in [-0.2, 0) is 6.61 Å². The highest BCUT2D eigenvalue weighted by atomic mass is 35.5. The number of pyridine rings is 1. The molecule has 5 N–H and O–H groups in total. The summed E-state index contributed by atoms with van der Waals surface area (Å²) in [6.07, 6.45) is 0. The van der Waals surface area contributed by atoms with E-state index >= 15 is 0 Å². The number of rotatable bonds is 7. The predicted molar refractivity (Wildman–Crippen MR) is 118 cm³/mol. The lowest BCUT2D eigenvalue weighted by atomic mass is 9.95. The molecule has 2 aromatic carbocycles. The Balaban J connectivity index is 2.11. The third kappa shape index (κ3) is 4.34. The van der Waals surface area contributed by atoms with Crippen molar-refractivity contribution in [3.05, 3.63) is 73.5 Å². The molecule has 0 bridgehead atoms. The first kappa shape index (κ1) is 23.0. The van der Waals surface area contributed by atoms with E-state index in [4.69, 9.17) is 38.4 Å². The average molecular weight is 479 g/mol. The van der Waals surface area contributed by atoms with Crippen molar-refractivity contribution < 1.29 is 29.3 Å². The molecule has 166 valence electrons. The molecule has 11 heteroatoms. The number of aromatic carboxylic acids is 2. The highest BCUT2D eigenvalue weighted by Crippen LogP contribution is 2.37. The number of aromatic nitrogens is 1. The third-order valence-corrected chi connectivity index (χ3v) is 5.27. The van der Waals surface area contributed by atoms with Gasteiger partial charge in [-0.2, -0.15) is 0 Å². The molecule has 32 heavy (non-hydrogen) atoms. The highest BCUT2D eigenvalue weighted by Gasteiger charge is 2.27. The molecule has 0 amide bonds. The summed E-state index contributed by atoms with van der Waals surface area (Å²) in [6, 6.07) is 9.18. The number of H-pyrrole nitrogens is 1. The molecule has 1 aromatic heterocycles. The molecule has 3 rings (SSSR count). The largest absolute Gasteiger partial charge is 0.493 e. The number of carboxylic acid groups (broad SMARTS) is 2. The van der Waals surface area contributed by atoms with E-state index < -0.39 is 34.4 Å². The predicted octanol–water partition coefficient (Wildman–Crippen LogP) is 3.91.